The number of benzene rings is 1. The second-order valence-electron chi connectivity index (χ2n) is 4.64. The van der Waals surface area contributed by atoms with Gasteiger partial charge in [0, 0.05) is 18.8 Å². The van der Waals surface area contributed by atoms with E-state index < -0.39 is 35.0 Å². The van der Waals surface area contributed by atoms with Gasteiger partial charge in [-0.05, 0) is 30.2 Å². The molecule has 1 aromatic carbocycles. The van der Waals surface area contributed by atoms with Gasteiger partial charge in [0.15, 0.2) is 0 Å². The maximum atomic E-state index is 13.4. The van der Waals surface area contributed by atoms with Gasteiger partial charge in [-0.3, -0.25) is 9.78 Å². The van der Waals surface area contributed by atoms with Crippen molar-refractivity contribution in [1.29, 1.82) is 0 Å². The summed E-state index contributed by atoms with van der Waals surface area (Å²) in [5, 5.41) is 2.24. The third kappa shape index (κ3) is 4.24. The third-order valence-corrected chi connectivity index (χ3v) is 3.02. The summed E-state index contributed by atoms with van der Waals surface area (Å²) in [4.78, 5) is 15.3. The van der Waals surface area contributed by atoms with Crippen LogP contribution in [0.5, 0.6) is 0 Å². The maximum absolute atomic E-state index is 13.4. The zero-order valence-corrected chi connectivity index (χ0v) is 11.6. The van der Waals surface area contributed by atoms with E-state index in [-0.39, 0.29) is 18.5 Å². The van der Waals surface area contributed by atoms with Crippen LogP contribution in [0.1, 0.15) is 21.6 Å². The first-order valence-electron chi connectivity index (χ1n) is 6.53. The number of amides is 1. The first-order chi connectivity index (χ1) is 10.8. The van der Waals surface area contributed by atoms with E-state index >= 15 is 0 Å². The highest BCUT2D eigenvalue weighted by molar-refractivity contribution is 5.93. The van der Waals surface area contributed by atoms with E-state index in [2.05, 4.69) is 10.3 Å². The minimum absolute atomic E-state index is 0.00599. The molecule has 0 fully saturated rings. The van der Waals surface area contributed by atoms with Gasteiger partial charge < -0.3 is 5.32 Å². The van der Waals surface area contributed by atoms with E-state index in [0.29, 0.717) is 6.07 Å². The fourth-order valence-corrected chi connectivity index (χ4v) is 1.93. The fourth-order valence-electron chi connectivity index (χ4n) is 1.93. The molecule has 0 spiro atoms. The van der Waals surface area contributed by atoms with Crippen LogP contribution in [0.3, 0.4) is 0 Å². The SMILES string of the molecule is O=C(NCCc1ccc(F)cc1F)c1ncccc1C(F)(F)F. The Bertz CT molecular complexity index is 715. The Labute approximate surface area is 128 Å². The largest absolute Gasteiger partial charge is 0.418 e. The highest BCUT2D eigenvalue weighted by Gasteiger charge is 2.35. The molecule has 0 unspecified atom stereocenters. The number of alkyl halides is 3. The molecule has 8 heteroatoms. The van der Waals surface area contributed by atoms with Crippen LogP contribution in [0, 0.1) is 11.6 Å². The second-order valence-corrected chi connectivity index (χ2v) is 4.64. The van der Waals surface area contributed by atoms with Gasteiger partial charge in [0.05, 0.1) is 5.56 Å². The Balaban J connectivity index is 2.03. The molecule has 122 valence electrons. The monoisotopic (exact) mass is 330 g/mol. The van der Waals surface area contributed by atoms with Crippen molar-refractivity contribution in [3.63, 3.8) is 0 Å². The van der Waals surface area contributed by atoms with Gasteiger partial charge in [-0.1, -0.05) is 6.07 Å². The van der Waals surface area contributed by atoms with Gasteiger partial charge in [-0.25, -0.2) is 8.78 Å². The van der Waals surface area contributed by atoms with Crippen molar-refractivity contribution in [3.8, 4) is 0 Å². The number of hydrogen-bond donors (Lipinski definition) is 1. The van der Waals surface area contributed by atoms with Crippen LogP contribution < -0.4 is 5.32 Å². The molecule has 1 heterocycles. The van der Waals surface area contributed by atoms with Gasteiger partial charge in [0.1, 0.15) is 17.3 Å². The zero-order valence-electron chi connectivity index (χ0n) is 11.6. The summed E-state index contributed by atoms with van der Waals surface area (Å²) in [6, 6.07) is 4.78. The Morgan fingerprint density at radius 3 is 2.57 bits per heavy atom. The number of aromatic nitrogens is 1. The van der Waals surface area contributed by atoms with E-state index in [9.17, 15) is 26.7 Å². The summed E-state index contributed by atoms with van der Waals surface area (Å²) < 4.78 is 64.5. The number of carbonyl (C=O) groups is 1. The maximum Gasteiger partial charge on any atom is 0.418 e. The lowest BCUT2D eigenvalue weighted by Crippen LogP contribution is -2.29. The highest BCUT2D eigenvalue weighted by Crippen LogP contribution is 2.30. The van der Waals surface area contributed by atoms with Crippen molar-refractivity contribution in [2.75, 3.05) is 6.54 Å². The van der Waals surface area contributed by atoms with Crippen LogP contribution in [0.4, 0.5) is 22.0 Å². The summed E-state index contributed by atoms with van der Waals surface area (Å²) >= 11 is 0. The molecule has 1 N–H and O–H groups in total. The Morgan fingerprint density at radius 1 is 1.17 bits per heavy atom. The minimum Gasteiger partial charge on any atom is -0.350 e. The number of pyridine rings is 1. The van der Waals surface area contributed by atoms with Gasteiger partial charge >= 0.3 is 6.18 Å². The van der Waals surface area contributed by atoms with Gasteiger partial charge in [0.25, 0.3) is 5.91 Å². The van der Waals surface area contributed by atoms with Crippen molar-refractivity contribution < 1.29 is 26.7 Å². The van der Waals surface area contributed by atoms with Crippen molar-refractivity contribution >= 4 is 5.91 Å². The van der Waals surface area contributed by atoms with Crippen LogP contribution in [0.15, 0.2) is 36.5 Å². The molecule has 0 saturated carbocycles. The summed E-state index contributed by atoms with van der Waals surface area (Å²) in [7, 11) is 0. The van der Waals surface area contributed by atoms with Crippen LogP contribution in [-0.4, -0.2) is 17.4 Å². The summed E-state index contributed by atoms with van der Waals surface area (Å²) in [5.41, 5.74) is -1.76. The van der Waals surface area contributed by atoms with Crippen molar-refractivity contribution in [3.05, 3.63) is 65.0 Å². The van der Waals surface area contributed by atoms with Crippen LogP contribution in [0.25, 0.3) is 0 Å². The van der Waals surface area contributed by atoms with Crippen LogP contribution in [0.2, 0.25) is 0 Å². The molecule has 0 radical (unpaired) electrons. The molecule has 0 aliphatic heterocycles. The Kier molecular flexibility index (Phi) is 4.92. The number of nitrogens with one attached hydrogen (secondary N) is 1. The molecule has 0 aliphatic carbocycles. The standard InChI is InChI=1S/C15H11F5N2O/c16-10-4-3-9(12(17)8-10)5-7-22-14(23)13-11(15(18,19)20)2-1-6-21-13/h1-4,6,8H,5,7H2,(H,22,23). The topological polar surface area (TPSA) is 42.0 Å². The number of rotatable bonds is 4. The van der Waals surface area contributed by atoms with Crippen molar-refractivity contribution in [2.45, 2.75) is 12.6 Å². The lowest BCUT2D eigenvalue weighted by Gasteiger charge is -2.11. The first-order valence-corrected chi connectivity index (χ1v) is 6.53. The molecule has 0 atom stereocenters. The van der Waals surface area contributed by atoms with Crippen LogP contribution >= 0.6 is 0 Å². The van der Waals surface area contributed by atoms with Crippen LogP contribution in [-0.2, 0) is 12.6 Å². The van der Waals surface area contributed by atoms with E-state index in [0.717, 1.165) is 24.4 Å². The van der Waals surface area contributed by atoms with Gasteiger partial charge in [-0.2, -0.15) is 13.2 Å². The van der Waals surface area contributed by atoms with E-state index in [1.807, 2.05) is 0 Å². The lowest BCUT2D eigenvalue weighted by molar-refractivity contribution is -0.138. The molecule has 0 aliphatic rings. The molecule has 0 saturated heterocycles. The molecule has 3 nitrogen and oxygen atoms in total. The lowest BCUT2D eigenvalue weighted by atomic mass is 10.1. The molecule has 23 heavy (non-hydrogen) atoms. The smallest absolute Gasteiger partial charge is 0.350 e. The predicted octanol–water partition coefficient (Wildman–Crippen LogP) is 3.35. The average Bonchev–Trinajstić information content (AvgIpc) is 2.48. The zero-order chi connectivity index (χ0) is 17.0. The summed E-state index contributed by atoms with van der Waals surface area (Å²) in [6.07, 6.45) is -3.63. The number of nitrogens with zero attached hydrogens (tertiary/aromatic N) is 1. The molecular weight excluding hydrogens is 319 g/mol. The number of hydrogen-bond acceptors (Lipinski definition) is 2. The summed E-state index contributed by atoms with van der Waals surface area (Å²) in [5.74, 6) is -2.54. The third-order valence-electron chi connectivity index (χ3n) is 3.02. The molecule has 2 aromatic rings. The second kappa shape index (κ2) is 6.72. The highest BCUT2D eigenvalue weighted by atomic mass is 19.4. The Morgan fingerprint density at radius 2 is 1.91 bits per heavy atom. The average molecular weight is 330 g/mol. The normalized spacial score (nSPS) is 11.3. The van der Waals surface area contributed by atoms with E-state index in [1.54, 1.807) is 0 Å². The quantitative estimate of drug-likeness (QED) is 0.874. The molecule has 2 rings (SSSR count). The molecular formula is C15H11F5N2O. The Hall–Kier alpha value is -2.51. The first kappa shape index (κ1) is 16.9. The number of halogens is 5. The molecule has 1 aromatic heterocycles. The van der Waals surface area contributed by atoms with Gasteiger partial charge in [0.2, 0.25) is 0 Å². The van der Waals surface area contributed by atoms with Gasteiger partial charge in [-0.15, -0.1) is 0 Å². The predicted molar refractivity (Wildman–Crippen MR) is 71.6 cm³/mol. The molecule has 1 amide bonds. The minimum atomic E-state index is -4.70. The summed E-state index contributed by atoms with van der Waals surface area (Å²) in [6.45, 7) is -0.116. The molecule has 0 bridgehead atoms. The van der Waals surface area contributed by atoms with E-state index in [1.165, 1.54) is 6.07 Å². The van der Waals surface area contributed by atoms with E-state index in [4.69, 9.17) is 0 Å². The van der Waals surface area contributed by atoms with Crippen molar-refractivity contribution in [1.82, 2.24) is 10.3 Å². The van der Waals surface area contributed by atoms with Crippen molar-refractivity contribution in [2.24, 2.45) is 0 Å². The number of carbonyl (C=O) groups excluding carboxylic acids is 1. The fraction of sp³-hybridized carbons (Fsp3) is 0.200.